The highest BCUT2D eigenvalue weighted by Crippen LogP contribution is 2.24. The molecule has 2 rings (SSSR count). The van der Waals surface area contributed by atoms with Gasteiger partial charge in [-0.3, -0.25) is 4.79 Å². The van der Waals surface area contributed by atoms with Crippen LogP contribution in [0.15, 0.2) is 53.4 Å². The molecule has 0 unspecified atom stereocenters. The quantitative estimate of drug-likeness (QED) is 0.787. The lowest BCUT2D eigenvalue weighted by Gasteiger charge is -2.19. The lowest BCUT2D eigenvalue weighted by atomic mass is 9.87. The molecule has 0 aliphatic rings. The van der Waals surface area contributed by atoms with Gasteiger partial charge in [-0.25, -0.2) is 8.42 Å². The number of nitrogens with one attached hydrogen (secondary N) is 1. The molecule has 0 fully saturated rings. The van der Waals surface area contributed by atoms with Crippen LogP contribution in [-0.2, 0) is 26.6 Å². The molecule has 1 N–H and O–H groups in total. The number of methoxy groups -OCH3 is 1. The maximum Gasteiger partial charge on any atom is 0.221 e. The van der Waals surface area contributed by atoms with Crippen molar-refractivity contribution in [3.05, 3.63) is 59.7 Å². The normalized spacial score (nSPS) is 11.9. The summed E-state index contributed by atoms with van der Waals surface area (Å²) in [7, 11) is -1.93. The highest BCUT2D eigenvalue weighted by Gasteiger charge is 2.19. The summed E-state index contributed by atoms with van der Waals surface area (Å²) in [5, 5.41) is 2.74. The van der Waals surface area contributed by atoms with Gasteiger partial charge in [0.2, 0.25) is 5.91 Å². The summed E-state index contributed by atoms with van der Waals surface area (Å²) in [5.41, 5.74) is 1.87. The summed E-state index contributed by atoms with van der Waals surface area (Å²) in [6, 6.07) is 14.3. The number of carbonyl (C=O) groups excluding carboxylic acids is 1. The number of sulfone groups is 1. The van der Waals surface area contributed by atoms with Gasteiger partial charge in [0.1, 0.15) is 5.75 Å². The zero-order valence-electron chi connectivity index (χ0n) is 16.3. The molecule has 0 aromatic heterocycles. The van der Waals surface area contributed by atoms with E-state index in [1.54, 1.807) is 19.2 Å². The minimum atomic E-state index is -3.50. The first kappa shape index (κ1) is 21.0. The van der Waals surface area contributed by atoms with E-state index < -0.39 is 9.84 Å². The first-order valence-corrected chi connectivity index (χ1v) is 10.5. The summed E-state index contributed by atoms with van der Waals surface area (Å²) < 4.78 is 30.2. The van der Waals surface area contributed by atoms with Gasteiger partial charge in [0.15, 0.2) is 9.84 Å². The molecule has 0 spiro atoms. The molecule has 0 heterocycles. The highest BCUT2D eigenvalue weighted by molar-refractivity contribution is 7.91. The number of amides is 1. The average molecular weight is 390 g/mol. The van der Waals surface area contributed by atoms with Crippen LogP contribution < -0.4 is 10.1 Å². The topological polar surface area (TPSA) is 72.5 Å². The molecule has 0 atom stereocenters. The average Bonchev–Trinajstić information content (AvgIpc) is 2.64. The smallest absolute Gasteiger partial charge is 0.221 e. The predicted molar refractivity (Wildman–Crippen MR) is 107 cm³/mol. The number of hydrogen-bond acceptors (Lipinski definition) is 4. The molecular weight excluding hydrogens is 362 g/mol. The van der Waals surface area contributed by atoms with Crippen LogP contribution in [0.5, 0.6) is 5.75 Å². The number of hydrogen-bond donors (Lipinski definition) is 1. The fourth-order valence-electron chi connectivity index (χ4n) is 2.64. The second-order valence-corrected chi connectivity index (χ2v) is 9.54. The lowest BCUT2D eigenvalue weighted by molar-refractivity contribution is -0.120. The molecule has 0 aliphatic carbocycles. The molecule has 0 radical (unpaired) electrons. The largest absolute Gasteiger partial charge is 0.496 e. The Kier molecular flexibility index (Phi) is 6.65. The molecular formula is C21H27NO4S. The van der Waals surface area contributed by atoms with E-state index in [9.17, 15) is 13.2 Å². The van der Waals surface area contributed by atoms with E-state index in [4.69, 9.17) is 4.74 Å². The van der Waals surface area contributed by atoms with Crippen molar-refractivity contribution >= 4 is 15.7 Å². The second kappa shape index (κ2) is 8.57. The molecule has 2 aromatic rings. The summed E-state index contributed by atoms with van der Waals surface area (Å²) >= 11 is 0. The maximum atomic E-state index is 12.5. The molecule has 146 valence electrons. The van der Waals surface area contributed by atoms with Gasteiger partial charge >= 0.3 is 0 Å². The van der Waals surface area contributed by atoms with Gasteiger partial charge in [-0.1, -0.05) is 51.1 Å². The van der Waals surface area contributed by atoms with Crippen LogP contribution in [0.25, 0.3) is 0 Å². The van der Waals surface area contributed by atoms with Crippen molar-refractivity contribution in [2.24, 2.45) is 0 Å². The number of ether oxygens (including phenoxy) is 1. The lowest BCUT2D eigenvalue weighted by Crippen LogP contribution is -2.25. The third-order valence-electron chi connectivity index (χ3n) is 4.35. The van der Waals surface area contributed by atoms with Crippen LogP contribution in [0.2, 0.25) is 0 Å². The minimum absolute atomic E-state index is 0.0410. The molecule has 0 saturated heterocycles. The molecule has 0 bridgehead atoms. The number of para-hydroxylation sites is 1. The Bertz CT molecular complexity index is 881. The zero-order chi connectivity index (χ0) is 20.1. The third kappa shape index (κ3) is 5.82. The van der Waals surface area contributed by atoms with Crippen LogP contribution in [0.3, 0.4) is 0 Å². The van der Waals surface area contributed by atoms with Crippen molar-refractivity contribution in [3.8, 4) is 5.75 Å². The summed E-state index contributed by atoms with van der Waals surface area (Å²) in [4.78, 5) is 12.3. The highest BCUT2D eigenvalue weighted by atomic mass is 32.2. The second-order valence-electron chi connectivity index (χ2n) is 7.43. The van der Waals surface area contributed by atoms with Gasteiger partial charge in [0.25, 0.3) is 0 Å². The van der Waals surface area contributed by atoms with Gasteiger partial charge < -0.3 is 10.1 Å². The first-order chi connectivity index (χ1) is 12.6. The van der Waals surface area contributed by atoms with Gasteiger partial charge in [-0.05, 0) is 29.2 Å². The minimum Gasteiger partial charge on any atom is -0.496 e. The number of benzene rings is 2. The van der Waals surface area contributed by atoms with Crippen molar-refractivity contribution in [2.75, 3.05) is 12.9 Å². The fourth-order valence-corrected chi connectivity index (χ4v) is 3.88. The standard InChI is InChI=1S/C21H27NO4S/c1-21(2,3)17-9-11-18(12-10-17)27(24,25)14-13-20(23)22-15-16-7-5-6-8-19(16)26-4/h5-12H,13-15H2,1-4H3,(H,22,23). The zero-order valence-corrected chi connectivity index (χ0v) is 17.1. The Labute approximate surface area is 161 Å². The Morgan fingerprint density at radius 2 is 1.67 bits per heavy atom. The van der Waals surface area contributed by atoms with Crippen molar-refractivity contribution in [1.29, 1.82) is 0 Å². The monoisotopic (exact) mass is 389 g/mol. The molecule has 1 amide bonds. The number of carbonyl (C=O) groups is 1. The summed E-state index contributed by atoms with van der Waals surface area (Å²) in [6.45, 7) is 6.51. The van der Waals surface area contributed by atoms with E-state index in [-0.39, 0.29) is 28.4 Å². The maximum absolute atomic E-state index is 12.5. The summed E-state index contributed by atoms with van der Waals surface area (Å²) in [6.07, 6.45) is -0.0848. The van der Waals surface area contributed by atoms with E-state index in [1.807, 2.05) is 36.4 Å². The van der Waals surface area contributed by atoms with Crippen LogP contribution in [-0.4, -0.2) is 27.2 Å². The Hall–Kier alpha value is -2.34. The predicted octanol–water partition coefficient (Wildman–Crippen LogP) is 3.47. The van der Waals surface area contributed by atoms with E-state index in [0.29, 0.717) is 12.3 Å². The molecule has 27 heavy (non-hydrogen) atoms. The van der Waals surface area contributed by atoms with Crippen molar-refractivity contribution < 1.29 is 17.9 Å². The van der Waals surface area contributed by atoms with E-state index in [0.717, 1.165) is 11.1 Å². The van der Waals surface area contributed by atoms with Gasteiger partial charge in [0, 0.05) is 18.5 Å². The van der Waals surface area contributed by atoms with Crippen LogP contribution in [0.4, 0.5) is 0 Å². The van der Waals surface area contributed by atoms with Crippen molar-refractivity contribution in [3.63, 3.8) is 0 Å². The van der Waals surface area contributed by atoms with Crippen LogP contribution in [0, 0.1) is 0 Å². The van der Waals surface area contributed by atoms with E-state index >= 15 is 0 Å². The van der Waals surface area contributed by atoms with Gasteiger partial charge in [-0.2, -0.15) is 0 Å². The number of rotatable bonds is 7. The van der Waals surface area contributed by atoms with Crippen molar-refractivity contribution in [2.45, 2.75) is 44.0 Å². The van der Waals surface area contributed by atoms with E-state index in [2.05, 4.69) is 26.1 Å². The summed E-state index contributed by atoms with van der Waals surface area (Å²) in [5.74, 6) is 0.153. The Balaban J connectivity index is 1.93. The fraction of sp³-hybridized carbons (Fsp3) is 0.381. The molecule has 0 saturated carbocycles. The third-order valence-corrected chi connectivity index (χ3v) is 6.08. The first-order valence-electron chi connectivity index (χ1n) is 8.85. The van der Waals surface area contributed by atoms with Gasteiger partial charge in [-0.15, -0.1) is 0 Å². The van der Waals surface area contributed by atoms with Gasteiger partial charge in [0.05, 0.1) is 17.8 Å². The molecule has 2 aromatic carbocycles. The molecule has 0 aliphatic heterocycles. The van der Waals surface area contributed by atoms with Crippen LogP contribution >= 0.6 is 0 Å². The van der Waals surface area contributed by atoms with E-state index in [1.165, 1.54) is 0 Å². The SMILES string of the molecule is COc1ccccc1CNC(=O)CCS(=O)(=O)c1ccc(C(C)(C)C)cc1. The van der Waals surface area contributed by atoms with Crippen molar-refractivity contribution in [1.82, 2.24) is 5.32 Å². The Morgan fingerprint density at radius 1 is 1.04 bits per heavy atom. The molecule has 5 nitrogen and oxygen atoms in total. The molecule has 6 heteroatoms. The van der Waals surface area contributed by atoms with Crippen LogP contribution in [0.1, 0.15) is 38.3 Å². The Morgan fingerprint density at radius 3 is 2.26 bits per heavy atom.